The molecule has 0 spiro atoms. The van der Waals surface area contributed by atoms with Crippen molar-refractivity contribution in [3.05, 3.63) is 46.5 Å². The first-order valence-electron chi connectivity index (χ1n) is 8.80. The van der Waals surface area contributed by atoms with Crippen molar-refractivity contribution in [1.29, 1.82) is 5.26 Å². The summed E-state index contributed by atoms with van der Waals surface area (Å²) in [4.78, 5) is 4.82. The van der Waals surface area contributed by atoms with E-state index in [-0.39, 0.29) is 0 Å². The molecular weight excluding hydrogens is 326 g/mol. The molecule has 0 fully saturated rings. The number of aryl methyl sites for hydroxylation is 1. The van der Waals surface area contributed by atoms with Gasteiger partial charge in [0.25, 0.3) is 0 Å². The fraction of sp³-hybridized carbons (Fsp3) is 0.333. The van der Waals surface area contributed by atoms with Crippen LogP contribution < -0.4 is 5.73 Å². The normalized spacial score (nSPS) is 11.0. The van der Waals surface area contributed by atoms with Crippen molar-refractivity contribution in [2.24, 2.45) is 0 Å². The van der Waals surface area contributed by atoms with Gasteiger partial charge in [0, 0.05) is 11.3 Å². The molecule has 0 saturated carbocycles. The maximum absolute atomic E-state index is 9.11. The van der Waals surface area contributed by atoms with Crippen LogP contribution in [0.1, 0.15) is 48.9 Å². The van der Waals surface area contributed by atoms with E-state index < -0.39 is 0 Å². The number of benzene rings is 2. The molecule has 0 aliphatic heterocycles. The van der Waals surface area contributed by atoms with E-state index >= 15 is 0 Å². The fourth-order valence-electron chi connectivity index (χ4n) is 3.30. The number of nitrogen functional groups attached to an aromatic ring is 1. The Labute approximate surface area is 153 Å². The molecule has 2 aromatic carbocycles. The second-order valence-electron chi connectivity index (χ2n) is 6.41. The summed E-state index contributed by atoms with van der Waals surface area (Å²) in [6.07, 6.45) is 4.13. The van der Waals surface area contributed by atoms with Crippen molar-refractivity contribution >= 4 is 27.2 Å². The average molecular weight is 350 g/mol. The summed E-state index contributed by atoms with van der Waals surface area (Å²) in [6.45, 7) is 6.52. The Bertz CT molecular complexity index is 963. The van der Waals surface area contributed by atoms with Gasteiger partial charge in [0.1, 0.15) is 5.01 Å². The summed E-state index contributed by atoms with van der Waals surface area (Å²) in [5.41, 5.74) is 13.9. The number of hydrogen-bond acceptors (Lipinski definition) is 4. The minimum absolute atomic E-state index is 0.676. The van der Waals surface area contributed by atoms with Crippen molar-refractivity contribution in [3.8, 4) is 16.6 Å². The number of anilines is 1. The quantitative estimate of drug-likeness (QED) is 0.607. The Balaban J connectivity index is 2.20. The monoisotopic (exact) mass is 349 g/mol. The molecule has 0 bridgehead atoms. The zero-order valence-corrected chi connectivity index (χ0v) is 15.8. The molecule has 0 aliphatic carbocycles. The number of rotatable bonds is 5. The van der Waals surface area contributed by atoms with E-state index in [1.807, 2.05) is 18.2 Å². The molecule has 0 amide bonds. The van der Waals surface area contributed by atoms with Gasteiger partial charge in [0.2, 0.25) is 0 Å². The minimum Gasteiger partial charge on any atom is -0.398 e. The van der Waals surface area contributed by atoms with Crippen LogP contribution in [-0.4, -0.2) is 4.98 Å². The number of nitrogens with zero attached hydrogens (tertiary/aromatic N) is 2. The smallest absolute Gasteiger partial charge is 0.124 e. The topological polar surface area (TPSA) is 62.7 Å². The molecule has 0 unspecified atom stereocenters. The lowest BCUT2D eigenvalue weighted by molar-refractivity contribution is 0.894. The maximum atomic E-state index is 9.11. The number of thiazole rings is 1. The second-order valence-corrected chi connectivity index (χ2v) is 7.44. The summed E-state index contributed by atoms with van der Waals surface area (Å²) >= 11 is 1.65. The van der Waals surface area contributed by atoms with E-state index in [0.29, 0.717) is 5.56 Å². The highest BCUT2D eigenvalue weighted by molar-refractivity contribution is 7.21. The molecule has 0 radical (unpaired) electrons. The summed E-state index contributed by atoms with van der Waals surface area (Å²) in [5.74, 6) is 0. The zero-order valence-electron chi connectivity index (χ0n) is 15.0. The summed E-state index contributed by atoms with van der Waals surface area (Å²) in [6, 6.07) is 10.1. The van der Waals surface area contributed by atoms with Crippen molar-refractivity contribution in [2.45, 2.75) is 46.5 Å². The second kappa shape index (κ2) is 7.25. The van der Waals surface area contributed by atoms with Crippen LogP contribution in [0.15, 0.2) is 24.3 Å². The molecule has 0 atom stereocenters. The first kappa shape index (κ1) is 17.4. The third kappa shape index (κ3) is 3.25. The highest BCUT2D eigenvalue weighted by atomic mass is 32.1. The van der Waals surface area contributed by atoms with E-state index in [9.17, 15) is 0 Å². The molecule has 25 heavy (non-hydrogen) atoms. The summed E-state index contributed by atoms with van der Waals surface area (Å²) in [5, 5.41) is 10.1. The molecule has 1 heterocycles. The van der Waals surface area contributed by atoms with E-state index in [4.69, 9.17) is 16.0 Å². The van der Waals surface area contributed by atoms with Crippen LogP contribution in [0.3, 0.4) is 0 Å². The molecule has 128 valence electrons. The van der Waals surface area contributed by atoms with Gasteiger partial charge in [-0.25, -0.2) is 4.98 Å². The fourth-order valence-corrected chi connectivity index (χ4v) is 4.38. The lowest BCUT2D eigenvalue weighted by Crippen LogP contribution is -2.04. The minimum atomic E-state index is 0.676. The molecule has 3 nitrogen and oxygen atoms in total. The van der Waals surface area contributed by atoms with Gasteiger partial charge >= 0.3 is 0 Å². The van der Waals surface area contributed by atoms with E-state index in [0.717, 1.165) is 46.6 Å². The van der Waals surface area contributed by atoms with Crippen molar-refractivity contribution in [3.63, 3.8) is 0 Å². The number of fused-ring (bicyclic) bond motifs is 1. The van der Waals surface area contributed by atoms with Gasteiger partial charge < -0.3 is 5.73 Å². The SMILES string of the molecule is CCCc1cc(-c2nc3ccc(C#N)cc3s2)c(C)c(CCC)c1N. The maximum Gasteiger partial charge on any atom is 0.124 e. The Kier molecular flexibility index (Phi) is 5.06. The molecule has 1 aromatic heterocycles. The Morgan fingerprint density at radius 1 is 1.16 bits per heavy atom. The molecule has 3 aromatic rings. The van der Waals surface area contributed by atoms with Gasteiger partial charge in [0.05, 0.1) is 21.8 Å². The highest BCUT2D eigenvalue weighted by Crippen LogP contribution is 2.37. The number of hydrogen-bond donors (Lipinski definition) is 1. The van der Waals surface area contributed by atoms with Gasteiger partial charge in [-0.3, -0.25) is 0 Å². The molecule has 4 heteroatoms. The van der Waals surface area contributed by atoms with Crippen LogP contribution in [0.4, 0.5) is 5.69 Å². The predicted octanol–water partition coefficient (Wildman–Crippen LogP) is 5.63. The van der Waals surface area contributed by atoms with Crippen LogP contribution in [0, 0.1) is 18.3 Å². The van der Waals surface area contributed by atoms with Crippen LogP contribution >= 0.6 is 11.3 Å². The van der Waals surface area contributed by atoms with Crippen LogP contribution in [0.2, 0.25) is 0 Å². The van der Waals surface area contributed by atoms with E-state index in [1.54, 1.807) is 11.3 Å². The first-order valence-corrected chi connectivity index (χ1v) is 9.62. The largest absolute Gasteiger partial charge is 0.398 e. The van der Waals surface area contributed by atoms with Crippen molar-refractivity contribution < 1.29 is 0 Å². The van der Waals surface area contributed by atoms with Gasteiger partial charge in [-0.2, -0.15) is 5.26 Å². The Morgan fingerprint density at radius 2 is 1.92 bits per heavy atom. The van der Waals surface area contributed by atoms with Crippen LogP contribution in [0.25, 0.3) is 20.8 Å². The Hall–Kier alpha value is -2.38. The molecule has 0 aliphatic rings. The first-order chi connectivity index (χ1) is 12.1. The summed E-state index contributed by atoms with van der Waals surface area (Å²) in [7, 11) is 0. The standard InChI is InChI=1S/C21H23N3S/c1-4-6-15-11-17(13(3)16(7-5-2)20(15)23)21-24-18-9-8-14(12-22)10-19(18)25-21/h8-11H,4-7,23H2,1-3H3. The molecule has 2 N–H and O–H groups in total. The molecule has 3 rings (SSSR count). The van der Waals surface area contributed by atoms with Gasteiger partial charge in [-0.05, 0) is 60.7 Å². The third-order valence-electron chi connectivity index (χ3n) is 4.61. The predicted molar refractivity (Wildman–Crippen MR) is 107 cm³/mol. The highest BCUT2D eigenvalue weighted by Gasteiger charge is 2.16. The number of nitrogens with two attached hydrogens (primary N) is 1. The zero-order chi connectivity index (χ0) is 18.0. The average Bonchev–Trinajstić information content (AvgIpc) is 3.03. The lowest BCUT2D eigenvalue weighted by Gasteiger charge is -2.17. The number of aromatic nitrogens is 1. The van der Waals surface area contributed by atoms with Gasteiger partial charge in [0.15, 0.2) is 0 Å². The van der Waals surface area contributed by atoms with Gasteiger partial charge in [-0.15, -0.1) is 11.3 Å². The van der Waals surface area contributed by atoms with Crippen molar-refractivity contribution in [1.82, 2.24) is 4.98 Å². The van der Waals surface area contributed by atoms with E-state index in [2.05, 4.69) is 32.9 Å². The Morgan fingerprint density at radius 3 is 2.60 bits per heavy atom. The third-order valence-corrected chi connectivity index (χ3v) is 5.67. The molecule has 0 saturated heterocycles. The number of nitriles is 1. The van der Waals surface area contributed by atoms with E-state index in [1.165, 1.54) is 22.3 Å². The molecular formula is C21H23N3S. The van der Waals surface area contributed by atoms with Crippen LogP contribution in [0.5, 0.6) is 0 Å². The van der Waals surface area contributed by atoms with Gasteiger partial charge in [-0.1, -0.05) is 26.7 Å². The summed E-state index contributed by atoms with van der Waals surface area (Å²) < 4.78 is 1.05. The van der Waals surface area contributed by atoms with Crippen LogP contribution in [-0.2, 0) is 12.8 Å². The lowest BCUT2D eigenvalue weighted by atomic mass is 9.92. The van der Waals surface area contributed by atoms with Crippen molar-refractivity contribution in [2.75, 3.05) is 5.73 Å².